The molecule has 2 heteroatoms. The van der Waals surface area contributed by atoms with Crippen LogP contribution in [0.25, 0.3) is 0 Å². The van der Waals surface area contributed by atoms with Crippen LogP contribution in [0.15, 0.2) is 0 Å². The van der Waals surface area contributed by atoms with E-state index in [4.69, 9.17) is 10.5 Å². The summed E-state index contributed by atoms with van der Waals surface area (Å²) in [5.74, 6) is 0. The minimum absolute atomic E-state index is 0.0502. The second-order valence-corrected chi connectivity index (χ2v) is 3.79. The van der Waals surface area contributed by atoms with Crippen molar-refractivity contribution >= 4 is 0 Å². The van der Waals surface area contributed by atoms with Crippen LogP contribution in [0, 0.1) is 0 Å². The molecule has 11 heavy (non-hydrogen) atoms. The molecular formula is C9H21NO. The first-order valence-electron chi connectivity index (χ1n) is 4.36. The molecule has 0 saturated carbocycles. The van der Waals surface area contributed by atoms with Crippen molar-refractivity contribution in [1.82, 2.24) is 0 Å². The van der Waals surface area contributed by atoms with Crippen molar-refractivity contribution in [3.63, 3.8) is 0 Å². The maximum absolute atomic E-state index is 5.82. The number of hydrogen-bond donors (Lipinski definition) is 1. The molecule has 2 nitrogen and oxygen atoms in total. The number of ether oxygens (including phenoxy) is 1. The van der Waals surface area contributed by atoms with E-state index in [1.165, 1.54) is 0 Å². The van der Waals surface area contributed by atoms with Crippen molar-refractivity contribution in [1.29, 1.82) is 0 Å². The Bertz CT molecular complexity index is 96.2. The quantitative estimate of drug-likeness (QED) is 0.665. The normalized spacial score (nSPS) is 15.0. The zero-order valence-corrected chi connectivity index (χ0v) is 8.18. The van der Waals surface area contributed by atoms with E-state index >= 15 is 0 Å². The van der Waals surface area contributed by atoms with Gasteiger partial charge in [0, 0.05) is 12.1 Å². The number of nitrogens with two attached hydrogens (primary N) is 1. The van der Waals surface area contributed by atoms with Crippen LogP contribution in [0.2, 0.25) is 0 Å². The van der Waals surface area contributed by atoms with Crippen molar-refractivity contribution in [2.45, 2.75) is 52.2 Å². The van der Waals surface area contributed by atoms with E-state index in [1.807, 2.05) is 20.8 Å². The maximum Gasteiger partial charge on any atom is 0.0547 e. The monoisotopic (exact) mass is 159 g/mol. The molecule has 0 rings (SSSR count). The molecule has 0 aromatic carbocycles. The molecule has 0 saturated heterocycles. The predicted molar refractivity (Wildman–Crippen MR) is 48.6 cm³/mol. The Morgan fingerprint density at radius 2 is 2.00 bits per heavy atom. The highest BCUT2D eigenvalue weighted by Crippen LogP contribution is 2.10. The smallest absolute Gasteiger partial charge is 0.0547 e. The Labute approximate surface area is 70.1 Å². The van der Waals surface area contributed by atoms with Crippen LogP contribution in [0.4, 0.5) is 0 Å². The van der Waals surface area contributed by atoms with Gasteiger partial charge in [-0.15, -0.1) is 0 Å². The van der Waals surface area contributed by atoms with Gasteiger partial charge < -0.3 is 10.5 Å². The zero-order chi connectivity index (χ0) is 8.91. The van der Waals surface area contributed by atoms with Crippen LogP contribution in [-0.2, 0) is 4.74 Å². The van der Waals surface area contributed by atoms with E-state index in [1.54, 1.807) is 0 Å². The predicted octanol–water partition coefficient (Wildman–Crippen LogP) is 1.93. The van der Waals surface area contributed by atoms with Gasteiger partial charge in [0.2, 0.25) is 0 Å². The van der Waals surface area contributed by atoms with Crippen LogP contribution in [0.1, 0.15) is 40.5 Å². The van der Waals surface area contributed by atoms with Crippen LogP contribution in [-0.4, -0.2) is 18.2 Å². The lowest BCUT2D eigenvalue weighted by Gasteiger charge is -2.20. The van der Waals surface area contributed by atoms with E-state index in [-0.39, 0.29) is 5.54 Å². The van der Waals surface area contributed by atoms with Crippen molar-refractivity contribution in [3.8, 4) is 0 Å². The van der Waals surface area contributed by atoms with Crippen LogP contribution in [0.5, 0.6) is 0 Å². The summed E-state index contributed by atoms with van der Waals surface area (Å²) in [6.45, 7) is 9.00. The molecule has 0 aromatic rings. The fourth-order valence-electron chi connectivity index (χ4n) is 0.943. The molecule has 0 heterocycles. The first kappa shape index (κ1) is 10.9. The van der Waals surface area contributed by atoms with Crippen molar-refractivity contribution in [2.75, 3.05) is 6.61 Å². The molecule has 0 aliphatic carbocycles. The van der Waals surface area contributed by atoms with Crippen LogP contribution < -0.4 is 5.73 Å². The van der Waals surface area contributed by atoms with Crippen LogP contribution >= 0.6 is 0 Å². The summed E-state index contributed by atoms with van der Waals surface area (Å²) in [4.78, 5) is 0. The highest BCUT2D eigenvalue weighted by Gasteiger charge is 2.12. The minimum atomic E-state index is -0.0502. The summed E-state index contributed by atoms with van der Waals surface area (Å²) < 4.78 is 5.38. The maximum atomic E-state index is 5.82. The fraction of sp³-hybridized carbons (Fsp3) is 1.00. The van der Waals surface area contributed by atoms with Crippen LogP contribution in [0.3, 0.4) is 0 Å². The van der Waals surface area contributed by atoms with E-state index < -0.39 is 0 Å². The van der Waals surface area contributed by atoms with Gasteiger partial charge in [-0.3, -0.25) is 0 Å². The van der Waals surface area contributed by atoms with Gasteiger partial charge in [-0.05, 0) is 40.5 Å². The average Bonchev–Trinajstić information content (AvgIpc) is 1.83. The van der Waals surface area contributed by atoms with Gasteiger partial charge in [-0.2, -0.15) is 0 Å². The minimum Gasteiger partial charge on any atom is -0.379 e. The first-order valence-corrected chi connectivity index (χ1v) is 4.36. The Kier molecular flexibility index (Phi) is 4.69. The second kappa shape index (κ2) is 4.73. The summed E-state index contributed by atoms with van der Waals surface area (Å²) in [5, 5.41) is 0. The Balaban J connectivity index is 3.38. The van der Waals surface area contributed by atoms with Crippen molar-refractivity contribution in [2.24, 2.45) is 5.73 Å². The molecule has 0 spiro atoms. The Morgan fingerprint density at radius 3 is 2.36 bits per heavy atom. The lowest BCUT2D eigenvalue weighted by atomic mass is 9.98. The SMILES string of the molecule is CCOC(C)CCC(C)(C)N. The third kappa shape index (κ3) is 7.82. The number of hydrogen-bond acceptors (Lipinski definition) is 2. The summed E-state index contributed by atoms with van der Waals surface area (Å²) >= 11 is 0. The second-order valence-electron chi connectivity index (χ2n) is 3.79. The fourth-order valence-corrected chi connectivity index (χ4v) is 0.943. The molecule has 0 bridgehead atoms. The molecular weight excluding hydrogens is 138 g/mol. The van der Waals surface area contributed by atoms with Gasteiger partial charge in [0.1, 0.15) is 0 Å². The van der Waals surface area contributed by atoms with Gasteiger partial charge >= 0.3 is 0 Å². The van der Waals surface area contributed by atoms with Gasteiger partial charge in [0.25, 0.3) is 0 Å². The summed E-state index contributed by atoms with van der Waals surface area (Å²) in [5.41, 5.74) is 5.77. The molecule has 0 fully saturated rings. The van der Waals surface area contributed by atoms with Crippen molar-refractivity contribution < 1.29 is 4.74 Å². The summed E-state index contributed by atoms with van der Waals surface area (Å²) in [7, 11) is 0. The van der Waals surface area contributed by atoms with Crippen molar-refractivity contribution in [3.05, 3.63) is 0 Å². The third-order valence-corrected chi connectivity index (χ3v) is 1.65. The number of rotatable bonds is 5. The van der Waals surface area contributed by atoms with Gasteiger partial charge in [-0.1, -0.05) is 0 Å². The molecule has 1 atom stereocenters. The Hall–Kier alpha value is -0.0800. The topological polar surface area (TPSA) is 35.2 Å². The molecule has 0 aliphatic heterocycles. The van der Waals surface area contributed by atoms with E-state index in [0.29, 0.717) is 6.10 Å². The lowest BCUT2D eigenvalue weighted by Crippen LogP contribution is -2.32. The largest absolute Gasteiger partial charge is 0.379 e. The van der Waals surface area contributed by atoms with E-state index in [9.17, 15) is 0 Å². The molecule has 1 unspecified atom stereocenters. The van der Waals surface area contributed by atoms with E-state index in [2.05, 4.69) is 6.92 Å². The van der Waals surface area contributed by atoms with Gasteiger partial charge in [0.05, 0.1) is 6.10 Å². The highest BCUT2D eigenvalue weighted by molar-refractivity contribution is 4.72. The standard InChI is InChI=1S/C9H21NO/c1-5-11-8(2)6-7-9(3,4)10/h8H,5-7,10H2,1-4H3. The highest BCUT2D eigenvalue weighted by atomic mass is 16.5. The molecule has 2 N–H and O–H groups in total. The first-order chi connectivity index (χ1) is 4.95. The van der Waals surface area contributed by atoms with Gasteiger partial charge in [0.15, 0.2) is 0 Å². The Morgan fingerprint density at radius 1 is 1.45 bits per heavy atom. The van der Waals surface area contributed by atoms with Gasteiger partial charge in [-0.25, -0.2) is 0 Å². The molecule has 0 aliphatic rings. The molecule has 0 radical (unpaired) electrons. The third-order valence-electron chi connectivity index (χ3n) is 1.65. The summed E-state index contributed by atoms with van der Waals surface area (Å²) in [6.07, 6.45) is 2.42. The molecule has 68 valence electrons. The summed E-state index contributed by atoms with van der Waals surface area (Å²) in [6, 6.07) is 0. The van der Waals surface area contributed by atoms with E-state index in [0.717, 1.165) is 19.4 Å². The lowest BCUT2D eigenvalue weighted by molar-refractivity contribution is 0.0651. The molecule has 0 aromatic heterocycles. The molecule has 0 amide bonds. The zero-order valence-electron chi connectivity index (χ0n) is 8.18. The average molecular weight is 159 g/mol.